The molecule has 0 heterocycles. The molecule has 1 aromatic rings. The zero-order valence-corrected chi connectivity index (χ0v) is 12.2. The van der Waals surface area contributed by atoms with Gasteiger partial charge in [-0.3, -0.25) is 4.79 Å². The molecular formula is C16H23NO2. The molecule has 0 radical (unpaired) electrons. The summed E-state index contributed by atoms with van der Waals surface area (Å²) >= 11 is 0. The van der Waals surface area contributed by atoms with Gasteiger partial charge < -0.3 is 10.1 Å². The van der Waals surface area contributed by atoms with Gasteiger partial charge in [-0.1, -0.05) is 51.1 Å². The molecule has 0 bridgehead atoms. The minimum Gasteiger partial charge on any atom is -0.380 e. The van der Waals surface area contributed by atoms with E-state index in [2.05, 4.69) is 26.1 Å². The Morgan fingerprint density at radius 3 is 2.47 bits per heavy atom. The molecule has 0 saturated heterocycles. The number of amides is 1. The van der Waals surface area contributed by atoms with Crippen LogP contribution in [0, 0.1) is 5.41 Å². The van der Waals surface area contributed by atoms with Gasteiger partial charge >= 0.3 is 0 Å². The van der Waals surface area contributed by atoms with E-state index in [0.29, 0.717) is 13.2 Å². The van der Waals surface area contributed by atoms with E-state index < -0.39 is 0 Å². The summed E-state index contributed by atoms with van der Waals surface area (Å²) < 4.78 is 5.14. The maximum atomic E-state index is 11.7. The van der Waals surface area contributed by atoms with Crippen LogP contribution in [0.5, 0.6) is 0 Å². The summed E-state index contributed by atoms with van der Waals surface area (Å²) in [6.07, 6.45) is 3.50. The Hall–Kier alpha value is -1.61. The number of hydrogen-bond donors (Lipinski definition) is 1. The Labute approximate surface area is 115 Å². The number of rotatable bonds is 5. The lowest BCUT2D eigenvalue weighted by atomic mass is 9.96. The Morgan fingerprint density at radius 2 is 1.89 bits per heavy atom. The molecule has 104 valence electrons. The first-order chi connectivity index (χ1) is 8.92. The third-order valence-corrected chi connectivity index (χ3v) is 2.61. The lowest BCUT2D eigenvalue weighted by molar-refractivity contribution is -0.116. The lowest BCUT2D eigenvalue weighted by Gasteiger charge is -2.11. The van der Waals surface area contributed by atoms with Crippen molar-refractivity contribution in [2.24, 2.45) is 5.41 Å². The summed E-state index contributed by atoms with van der Waals surface area (Å²) in [6, 6.07) is 7.95. The van der Waals surface area contributed by atoms with Crippen LogP contribution in [0.2, 0.25) is 0 Å². The molecule has 1 aromatic carbocycles. The van der Waals surface area contributed by atoms with E-state index in [4.69, 9.17) is 4.74 Å². The molecule has 3 heteroatoms. The number of carbonyl (C=O) groups is 1. The first-order valence-corrected chi connectivity index (χ1v) is 6.45. The van der Waals surface area contributed by atoms with Gasteiger partial charge in [-0.05, 0) is 22.6 Å². The highest BCUT2D eigenvalue weighted by Gasteiger charge is 2.06. The van der Waals surface area contributed by atoms with Gasteiger partial charge in [0.1, 0.15) is 0 Å². The highest BCUT2D eigenvalue weighted by atomic mass is 16.5. The van der Waals surface area contributed by atoms with E-state index in [1.807, 2.05) is 30.3 Å². The zero-order valence-electron chi connectivity index (χ0n) is 12.2. The number of nitrogens with one attached hydrogen (secondary N) is 1. The summed E-state index contributed by atoms with van der Waals surface area (Å²) in [5, 5.41) is 2.89. The summed E-state index contributed by atoms with van der Waals surface area (Å²) in [5.41, 5.74) is 2.21. The Kier molecular flexibility index (Phi) is 5.77. The summed E-state index contributed by atoms with van der Waals surface area (Å²) in [4.78, 5) is 11.7. The van der Waals surface area contributed by atoms with Gasteiger partial charge in [0.2, 0.25) is 5.91 Å². The van der Waals surface area contributed by atoms with Crippen LogP contribution in [0.3, 0.4) is 0 Å². The number of benzene rings is 1. The highest BCUT2D eigenvalue weighted by molar-refractivity contribution is 5.87. The molecule has 0 aliphatic heterocycles. The molecular weight excluding hydrogens is 238 g/mol. The van der Waals surface area contributed by atoms with Crippen molar-refractivity contribution in [1.29, 1.82) is 0 Å². The maximum absolute atomic E-state index is 11.7. The second-order valence-electron chi connectivity index (χ2n) is 5.62. The largest absolute Gasteiger partial charge is 0.380 e. The summed E-state index contributed by atoms with van der Waals surface area (Å²) in [6.45, 7) is 7.26. The Morgan fingerprint density at radius 1 is 1.26 bits per heavy atom. The molecule has 3 nitrogen and oxygen atoms in total. The standard InChI is InChI=1S/C16H23NO2/c1-16(2,3)10-9-15(18)17-11-13-7-5-6-8-14(13)12-19-4/h5-10H,11-12H2,1-4H3,(H,17,18). The van der Waals surface area contributed by atoms with Crippen molar-refractivity contribution in [2.75, 3.05) is 7.11 Å². The highest BCUT2D eigenvalue weighted by Crippen LogP contribution is 2.14. The smallest absolute Gasteiger partial charge is 0.243 e. The molecule has 0 spiro atoms. The van der Waals surface area contributed by atoms with E-state index in [9.17, 15) is 4.79 Å². The van der Waals surface area contributed by atoms with Gasteiger partial charge in [-0.25, -0.2) is 0 Å². The number of methoxy groups -OCH3 is 1. The van der Waals surface area contributed by atoms with Gasteiger partial charge in [-0.2, -0.15) is 0 Å². The first-order valence-electron chi connectivity index (χ1n) is 6.45. The van der Waals surface area contributed by atoms with Crippen LogP contribution >= 0.6 is 0 Å². The fourth-order valence-corrected chi connectivity index (χ4v) is 1.59. The number of carbonyl (C=O) groups excluding carboxylic acids is 1. The van der Waals surface area contributed by atoms with E-state index in [0.717, 1.165) is 11.1 Å². The molecule has 0 aliphatic carbocycles. The molecule has 0 atom stereocenters. The third-order valence-electron chi connectivity index (χ3n) is 2.61. The van der Waals surface area contributed by atoms with Crippen molar-refractivity contribution < 1.29 is 9.53 Å². The van der Waals surface area contributed by atoms with Crippen molar-refractivity contribution in [3.63, 3.8) is 0 Å². The van der Waals surface area contributed by atoms with E-state index in [1.54, 1.807) is 13.2 Å². The van der Waals surface area contributed by atoms with E-state index in [-0.39, 0.29) is 11.3 Å². The topological polar surface area (TPSA) is 38.3 Å². The van der Waals surface area contributed by atoms with Gasteiger partial charge in [0.15, 0.2) is 0 Å². The van der Waals surface area contributed by atoms with Crippen molar-refractivity contribution >= 4 is 5.91 Å². The molecule has 0 saturated carbocycles. The van der Waals surface area contributed by atoms with E-state index in [1.165, 1.54) is 0 Å². The predicted molar refractivity (Wildman–Crippen MR) is 77.6 cm³/mol. The third kappa shape index (κ3) is 6.20. The van der Waals surface area contributed by atoms with Crippen molar-refractivity contribution in [2.45, 2.75) is 33.9 Å². The van der Waals surface area contributed by atoms with Crippen LogP contribution in [0.4, 0.5) is 0 Å². The molecule has 1 rings (SSSR count). The summed E-state index contributed by atoms with van der Waals surface area (Å²) in [7, 11) is 1.67. The molecule has 0 fully saturated rings. The van der Waals surface area contributed by atoms with Gasteiger partial charge in [-0.15, -0.1) is 0 Å². The molecule has 0 aromatic heterocycles. The number of allylic oxidation sites excluding steroid dienone is 1. The average Bonchev–Trinajstić information content (AvgIpc) is 2.35. The van der Waals surface area contributed by atoms with Crippen LogP contribution in [-0.2, 0) is 22.7 Å². The van der Waals surface area contributed by atoms with Crippen molar-refractivity contribution in [3.8, 4) is 0 Å². The minimum atomic E-state index is -0.0675. The SMILES string of the molecule is COCc1ccccc1CNC(=O)C=CC(C)(C)C. The summed E-state index contributed by atoms with van der Waals surface area (Å²) in [5.74, 6) is -0.0675. The lowest BCUT2D eigenvalue weighted by Crippen LogP contribution is -2.21. The molecule has 1 amide bonds. The Balaban J connectivity index is 2.57. The first kappa shape index (κ1) is 15.4. The monoisotopic (exact) mass is 261 g/mol. The van der Waals surface area contributed by atoms with Crippen molar-refractivity contribution in [1.82, 2.24) is 5.32 Å². The molecule has 1 N–H and O–H groups in total. The fourth-order valence-electron chi connectivity index (χ4n) is 1.59. The maximum Gasteiger partial charge on any atom is 0.243 e. The number of hydrogen-bond acceptors (Lipinski definition) is 2. The second kappa shape index (κ2) is 7.10. The van der Waals surface area contributed by atoms with Crippen LogP contribution in [-0.4, -0.2) is 13.0 Å². The quantitative estimate of drug-likeness (QED) is 0.827. The van der Waals surface area contributed by atoms with Crippen LogP contribution in [0.1, 0.15) is 31.9 Å². The molecule has 0 aliphatic rings. The van der Waals surface area contributed by atoms with Crippen LogP contribution < -0.4 is 5.32 Å². The zero-order chi connectivity index (χ0) is 14.3. The predicted octanol–water partition coefficient (Wildman–Crippen LogP) is 3.05. The number of ether oxygens (including phenoxy) is 1. The minimum absolute atomic E-state index is 0.0191. The van der Waals surface area contributed by atoms with E-state index >= 15 is 0 Å². The van der Waals surface area contributed by atoms with Crippen LogP contribution in [0.15, 0.2) is 36.4 Å². The van der Waals surface area contributed by atoms with Gasteiger partial charge in [0.05, 0.1) is 6.61 Å². The second-order valence-corrected chi connectivity index (χ2v) is 5.62. The normalized spacial score (nSPS) is 11.8. The average molecular weight is 261 g/mol. The van der Waals surface area contributed by atoms with Crippen molar-refractivity contribution in [3.05, 3.63) is 47.5 Å². The van der Waals surface area contributed by atoms with Gasteiger partial charge in [0.25, 0.3) is 0 Å². The molecule has 19 heavy (non-hydrogen) atoms. The van der Waals surface area contributed by atoms with Gasteiger partial charge in [0, 0.05) is 13.7 Å². The van der Waals surface area contributed by atoms with Crippen LogP contribution in [0.25, 0.3) is 0 Å². The fraction of sp³-hybridized carbons (Fsp3) is 0.438. The Bertz CT molecular complexity index is 444. The molecule has 0 unspecified atom stereocenters.